The molecule has 0 aliphatic carbocycles. The van der Waals surface area contributed by atoms with Crippen LogP contribution in [-0.2, 0) is 20.1 Å². The Morgan fingerprint density at radius 3 is 2.91 bits per heavy atom. The van der Waals surface area contributed by atoms with E-state index >= 15 is 0 Å². The molecule has 0 N–H and O–H groups in total. The smallest absolute Gasteiger partial charge is 0.105 e. The van der Waals surface area contributed by atoms with E-state index < -0.39 is 0 Å². The van der Waals surface area contributed by atoms with Gasteiger partial charge < -0.3 is 4.57 Å². The van der Waals surface area contributed by atoms with Crippen LogP contribution in [-0.4, -0.2) is 45.0 Å². The van der Waals surface area contributed by atoms with Crippen LogP contribution >= 0.6 is 11.3 Å². The second-order valence-electron chi connectivity index (χ2n) is 6.53. The molecule has 0 saturated carbocycles. The van der Waals surface area contributed by atoms with Crippen LogP contribution in [0.3, 0.4) is 0 Å². The molecule has 0 bridgehead atoms. The highest BCUT2D eigenvalue weighted by atomic mass is 32.1. The highest BCUT2D eigenvalue weighted by Gasteiger charge is 2.25. The van der Waals surface area contributed by atoms with Gasteiger partial charge in [-0.15, -0.1) is 11.3 Å². The summed E-state index contributed by atoms with van der Waals surface area (Å²) in [5, 5.41) is 2.18. The quantitative estimate of drug-likeness (QED) is 0.778. The van der Waals surface area contributed by atoms with Crippen molar-refractivity contribution in [1.82, 2.24) is 19.4 Å². The molecule has 1 saturated heterocycles. The molecule has 4 nitrogen and oxygen atoms in total. The summed E-state index contributed by atoms with van der Waals surface area (Å²) in [5.74, 6) is 1.09. The monoisotopic (exact) mass is 332 g/mol. The molecule has 2 aromatic rings. The van der Waals surface area contributed by atoms with Crippen molar-refractivity contribution in [2.75, 3.05) is 19.6 Å². The predicted molar refractivity (Wildman–Crippen MR) is 96.6 cm³/mol. The Hall–Kier alpha value is -1.17. The first-order valence-electron chi connectivity index (χ1n) is 8.63. The van der Waals surface area contributed by atoms with Crippen molar-refractivity contribution in [2.24, 2.45) is 7.05 Å². The minimum absolute atomic E-state index is 0.703. The van der Waals surface area contributed by atoms with Gasteiger partial charge in [-0.2, -0.15) is 0 Å². The number of nitrogens with zero attached hydrogens (tertiary/aromatic N) is 4. The summed E-state index contributed by atoms with van der Waals surface area (Å²) in [6, 6.07) is 5.10. The third-order valence-corrected chi connectivity index (χ3v) is 5.90. The Kier molecular flexibility index (Phi) is 5.51. The first kappa shape index (κ1) is 16.7. The molecule has 1 fully saturated rings. The summed E-state index contributed by atoms with van der Waals surface area (Å²) < 4.78 is 2.22. The van der Waals surface area contributed by atoms with Gasteiger partial charge in [0, 0.05) is 43.8 Å². The maximum absolute atomic E-state index is 4.46. The van der Waals surface area contributed by atoms with E-state index in [4.69, 9.17) is 0 Å². The van der Waals surface area contributed by atoms with Gasteiger partial charge >= 0.3 is 0 Å². The van der Waals surface area contributed by atoms with Gasteiger partial charge in [0.1, 0.15) is 5.82 Å². The standard InChI is InChI=1S/C18H28N4S/c1-4-22-9-5-7-16(22)12-21(14-18-8-6-10-23-18)13-17-11-19-15(2)20(17)3/h6,8,10-11,16H,4-5,7,9,12-14H2,1-3H3/t16-/m1/s1. The fourth-order valence-electron chi connectivity index (χ4n) is 3.55. The molecule has 0 aromatic carbocycles. The van der Waals surface area contributed by atoms with Crippen LogP contribution in [0.5, 0.6) is 0 Å². The van der Waals surface area contributed by atoms with Gasteiger partial charge in [0.25, 0.3) is 0 Å². The summed E-state index contributed by atoms with van der Waals surface area (Å²) in [6.07, 6.45) is 4.71. The third kappa shape index (κ3) is 4.03. The van der Waals surface area contributed by atoms with Gasteiger partial charge in [-0.25, -0.2) is 4.98 Å². The number of hydrogen-bond acceptors (Lipinski definition) is 4. The van der Waals surface area contributed by atoms with Gasteiger partial charge in [-0.1, -0.05) is 13.0 Å². The van der Waals surface area contributed by atoms with Gasteiger partial charge in [-0.05, 0) is 44.3 Å². The lowest BCUT2D eigenvalue weighted by atomic mass is 10.2. The van der Waals surface area contributed by atoms with Crippen LogP contribution in [0.4, 0.5) is 0 Å². The molecular formula is C18H28N4S. The molecule has 0 unspecified atom stereocenters. The molecule has 0 amide bonds. The van der Waals surface area contributed by atoms with Crippen molar-refractivity contribution >= 4 is 11.3 Å². The van der Waals surface area contributed by atoms with E-state index in [9.17, 15) is 0 Å². The molecule has 5 heteroatoms. The Bertz CT molecular complexity index is 605. The normalized spacial score (nSPS) is 19.0. The minimum atomic E-state index is 0.703. The number of aryl methyl sites for hydroxylation is 1. The minimum Gasteiger partial charge on any atom is -0.334 e. The number of imidazole rings is 1. The number of likely N-dealkylation sites (tertiary alicyclic amines) is 1. The molecule has 1 aliphatic heterocycles. The molecule has 3 heterocycles. The van der Waals surface area contributed by atoms with Crippen molar-refractivity contribution in [1.29, 1.82) is 0 Å². The zero-order chi connectivity index (χ0) is 16.2. The first-order chi connectivity index (χ1) is 11.2. The third-order valence-electron chi connectivity index (χ3n) is 5.04. The highest BCUT2D eigenvalue weighted by molar-refractivity contribution is 7.09. The van der Waals surface area contributed by atoms with Gasteiger partial charge in [-0.3, -0.25) is 9.80 Å². The molecular weight excluding hydrogens is 304 g/mol. The van der Waals surface area contributed by atoms with Gasteiger partial charge in [0.15, 0.2) is 0 Å². The maximum Gasteiger partial charge on any atom is 0.105 e. The zero-order valence-electron chi connectivity index (χ0n) is 14.5. The van der Waals surface area contributed by atoms with Crippen molar-refractivity contribution in [3.05, 3.63) is 40.1 Å². The van der Waals surface area contributed by atoms with Crippen LogP contribution < -0.4 is 0 Å². The molecule has 2 aromatic heterocycles. The lowest BCUT2D eigenvalue weighted by molar-refractivity contribution is 0.164. The highest BCUT2D eigenvalue weighted by Crippen LogP contribution is 2.21. The predicted octanol–water partition coefficient (Wildman–Crippen LogP) is 3.28. The number of rotatable bonds is 7. The first-order valence-corrected chi connectivity index (χ1v) is 9.51. The van der Waals surface area contributed by atoms with Crippen molar-refractivity contribution in [3.8, 4) is 0 Å². The summed E-state index contributed by atoms with van der Waals surface area (Å²) in [5.41, 5.74) is 1.31. The molecule has 0 radical (unpaired) electrons. The Morgan fingerprint density at radius 2 is 2.26 bits per heavy atom. The summed E-state index contributed by atoms with van der Waals surface area (Å²) in [4.78, 5) is 11.1. The molecule has 1 atom stereocenters. The Balaban J connectivity index is 1.72. The number of aromatic nitrogens is 2. The van der Waals surface area contributed by atoms with E-state index in [0.29, 0.717) is 6.04 Å². The maximum atomic E-state index is 4.46. The SMILES string of the molecule is CCN1CCC[C@@H]1CN(Cc1cccs1)Cc1cnc(C)n1C. The number of likely N-dealkylation sites (N-methyl/N-ethyl adjacent to an activating group) is 1. The van der Waals surface area contributed by atoms with Crippen LogP contribution in [0.1, 0.15) is 36.2 Å². The lowest BCUT2D eigenvalue weighted by Crippen LogP contribution is -2.39. The van der Waals surface area contributed by atoms with Gasteiger partial charge in [0.05, 0.1) is 5.69 Å². The molecule has 23 heavy (non-hydrogen) atoms. The van der Waals surface area contributed by atoms with Crippen molar-refractivity contribution in [2.45, 2.75) is 45.8 Å². The fraction of sp³-hybridized carbons (Fsp3) is 0.611. The van der Waals surface area contributed by atoms with E-state index in [2.05, 4.69) is 57.8 Å². The lowest BCUT2D eigenvalue weighted by Gasteiger charge is -2.30. The average molecular weight is 333 g/mol. The summed E-state index contributed by atoms with van der Waals surface area (Å²) in [7, 11) is 2.12. The summed E-state index contributed by atoms with van der Waals surface area (Å²) >= 11 is 1.86. The topological polar surface area (TPSA) is 24.3 Å². The Labute approximate surface area is 143 Å². The molecule has 3 rings (SSSR count). The van der Waals surface area contributed by atoms with E-state index in [1.807, 2.05) is 17.5 Å². The second kappa shape index (κ2) is 7.60. The second-order valence-corrected chi connectivity index (χ2v) is 7.56. The zero-order valence-corrected chi connectivity index (χ0v) is 15.4. The molecule has 0 spiro atoms. The fourth-order valence-corrected chi connectivity index (χ4v) is 4.30. The van der Waals surface area contributed by atoms with E-state index in [1.54, 1.807) is 0 Å². The van der Waals surface area contributed by atoms with Crippen molar-refractivity contribution in [3.63, 3.8) is 0 Å². The average Bonchev–Trinajstić information content (AvgIpc) is 3.26. The number of hydrogen-bond donors (Lipinski definition) is 0. The van der Waals surface area contributed by atoms with E-state index in [-0.39, 0.29) is 0 Å². The number of thiophene rings is 1. The largest absolute Gasteiger partial charge is 0.334 e. The van der Waals surface area contributed by atoms with Crippen LogP contribution in [0.15, 0.2) is 23.7 Å². The molecule has 1 aliphatic rings. The van der Waals surface area contributed by atoms with Crippen LogP contribution in [0.2, 0.25) is 0 Å². The van der Waals surface area contributed by atoms with E-state index in [0.717, 1.165) is 25.5 Å². The van der Waals surface area contributed by atoms with E-state index in [1.165, 1.54) is 36.5 Å². The van der Waals surface area contributed by atoms with Crippen LogP contribution in [0, 0.1) is 6.92 Å². The Morgan fingerprint density at radius 1 is 1.39 bits per heavy atom. The molecule has 126 valence electrons. The van der Waals surface area contributed by atoms with Gasteiger partial charge in [0.2, 0.25) is 0 Å². The summed E-state index contributed by atoms with van der Waals surface area (Å²) in [6.45, 7) is 9.95. The van der Waals surface area contributed by atoms with Crippen molar-refractivity contribution < 1.29 is 0 Å². The van der Waals surface area contributed by atoms with Crippen LogP contribution in [0.25, 0.3) is 0 Å².